The Hall–Kier alpha value is -3.25. The van der Waals surface area contributed by atoms with E-state index in [0.717, 1.165) is 15.6 Å². The zero-order valence-electron chi connectivity index (χ0n) is 16.4. The summed E-state index contributed by atoms with van der Waals surface area (Å²) in [7, 11) is 0. The van der Waals surface area contributed by atoms with Crippen LogP contribution in [0.2, 0.25) is 0 Å². The van der Waals surface area contributed by atoms with Crippen molar-refractivity contribution < 1.29 is 14.0 Å². The Morgan fingerprint density at radius 2 is 1.63 bits per heavy atom. The van der Waals surface area contributed by atoms with Gasteiger partial charge in [0.1, 0.15) is 11.5 Å². The monoisotopic (exact) mass is 464 g/mol. The van der Waals surface area contributed by atoms with Crippen LogP contribution in [0, 0.1) is 19.7 Å². The Bertz CT molecular complexity index is 1200. The molecule has 3 aromatic rings. The van der Waals surface area contributed by atoms with Gasteiger partial charge in [0.25, 0.3) is 11.8 Å². The Morgan fingerprint density at radius 3 is 2.33 bits per heavy atom. The molecule has 4 rings (SSSR count). The number of hydrogen-bond acceptors (Lipinski definition) is 3. The SMILES string of the molecule is Cc1ccc(C)c(N2C(=O)C(Nc3cccc(Br)c3)=C(c3ccc(F)cc3)C2=O)c1. The first kappa shape index (κ1) is 20.0. The van der Waals surface area contributed by atoms with Crippen molar-refractivity contribution in [3.8, 4) is 0 Å². The van der Waals surface area contributed by atoms with Crippen molar-refractivity contribution in [3.63, 3.8) is 0 Å². The van der Waals surface area contributed by atoms with Crippen molar-refractivity contribution in [2.45, 2.75) is 13.8 Å². The Kier molecular flexibility index (Phi) is 5.26. The van der Waals surface area contributed by atoms with Gasteiger partial charge in [0.2, 0.25) is 0 Å². The number of halogens is 2. The second-order valence-electron chi connectivity index (χ2n) is 7.13. The molecule has 0 radical (unpaired) electrons. The van der Waals surface area contributed by atoms with Crippen molar-refractivity contribution in [1.29, 1.82) is 0 Å². The molecule has 0 spiro atoms. The topological polar surface area (TPSA) is 49.4 Å². The summed E-state index contributed by atoms with van der Waals surface area (Å²) in [5, 5.41) is 3.10. The summed E-state index contributed by atoms with van der Waals surface area (Å²) in [6, 6.07) is 18.5. The van der Waals surface area contributed by atoms with Crippen LogP contribution in [-0.2, 0) is 9.59 Å². The lowest BCUT2D eigenvalue weighted by molar-refractivity contribution is -0.120. The lowest BCUT2D eigenvalue weighted by atomic mass is 10.0. The van der Waals surface area contributed by atoms with E-state index in [-0.39, 0.29) is 11.3 Å². The third-order valence-electron chi connectivity index (χ3n) is 4.92. The smallest absolute Gasteiger partial charge is 0.282 e. The van der Waals surface area contributed by atoms with Crippen LogP contribution in [0.4, 0.5) is 15.8 Å². The molecule has 4 nitrogen and oxygen atoms in total. The molecule has 0 aliphatic carbocycles. The molecule has 2 amide bonds. The van der Waals surface area contributed by atoms with Crippen molar-refractivity contribution in [2.24, 2.45) is 0 Å². The van der Waals surface area contributed by atoms with Gasteiger partial charge in [-0.3, -0.25) is 9.59 Å². The number of aryl methyl sites for hydroxylation is 2. The predicted octanol–water partition coefficient (Wildman–Crippen LogP) is 5.60. The van der Waals surface area contributed by atoms with Gasteiger partial charge in [-0.25, -0.2) is 9.29 Å². The minimum Gasteiger partial charge on any atom is -0.350 e. The van der Waals surface area contributed by atoms with E-state index in [2.05, 4.69) is 21.2 Å². The van der Waals surface area contributed by atoms with Crippen molar-refractivity contribution >= 4 is 44.7 Å². The quantitative estimate of drug-likeness (QED) is 0.511. The summed E-state index contributed by atoms with van der Waals surface area (Å²) < 4.78 is 14.3. The first-order valence-electron chi connectivity index (χ1n) is 9.34. The minimum atomic E-state index is -0.451. The molecule has 30 heavy (non-hydrogen) atoms. The van der Waals surface area contributed by atoms with Crippen LogP contribution >= 0.6 is 15.9 Å². The van der Waals surface area contributed by atoms with E-state index in [4.69, 9.17) is 0 Å². The van der Waals surface area contributed by atoms with Gasteiger partial charge in [0.05, 0.1) is 11.3 Å². The summed E-state index contributed by atoms with van der Waals surface area (Å²) in [6.45, 7) is 3.76. The van der Waals surface area contributed by atoms with Crippen molar-refractivity contribution in [1.82, 2.24) is 0 Å². The lowest BCUT2D eigenvalue weighted by Gasteiger charge is -2.18. The van der Waals surface area contributed by atoms with E-state index >= 15 is 0 Å². The highest BCUT2D eigenvalue weighted by atomic mass is 79.9. The number of imide groups is 1. The number of carbonyl (C=O) groups is 2. The minimum absolute atomic E-state index is 0.158. The van der Waals surface area contributed by atoms with Gasteiger partial charge in [-0.05, 0) is 66.9 Å². The number of anilines is 2. The van der Waals surface area contributed by atoms with Gasteiger partial charge >= 0.3 is 0 Å². The number of amides is 2. The van der Waals surface area contributed by atoms with E-state index in [1.165, 1.54) is 29.2 Å². The standard InChI is InChI=1S/C24H18BrFN2O2/c1-14-6-7-15(2)20(12-14)28-23(29)21(16-8-10-18(26)11-9-16)22(24(28)30)27-19-5-3-4-17(25)13-19/h3-13,27H,1-2H3. The first-order chi connectivity index (χ1) is 14.3. The molecule has 150 valence electrons. The number of nitrogens with zero attached hydrogens (tertiary/aromatic N) is 1. The zero-order valence-corrected chi connectivity index (χ0v) is 18.0. The highest BCUT2D eigenvalue weighted by molar-refractivity contribution is 9.10. The summed E-state index contributed by atoms with van der Waals surface area (Å²) in [5.74, 6) is -1.31. The molecule has 0 fully saturated rings. The van der Waals surface area contributed by atoms with Crippen molar-refractivity contribution in [3.05, 3.63) is 99.4 Å². The van der Waals surface area contributed by atoms with Crippen LogP contribution in [0.25, 0.3) is 5.57 Å². The molecule has 0 saturated carbocycles. The van der Waals surface area contributed by atoms with Crippen LogP contribution < -0.4 is 10.2 Å². The van der Waals surface area contributed by atoms with Crippen molar-refractivity contribution in [2.75, 3.05) is 10.2 Å². The molecule has 0 aromatic heterocycles. The molecular weight excluding hydrogens is 447 g/mol. The average Bonchev–Trinajstić information content (AvgIpc) is 2.94. The highest BCUT2D eigenvalue weighted by Crippen LogP contribution is 2.35. The fourth-order valence-corrected chi connectivity index (χ4v) is 3.82. The normalized spacial score (nSPS) is 13.9. The Balaban J connectivity index is 1.86. The van der Waals surface area contributed by atoms with Gasteiger partial charge in [-0.1, -0.05) is 46.3 Å². The van der Waals surface area contributed by atoms with Crippen LogP contribution in [0.15, 0.2) is 76.9 Å². The summed E-state index contributed by atoms with van der Waals surface area (Å²) in [6.07, 6.45) is 0. The lowest BCUT2D eigenvalue weighted by Crippen LogP contribution is -2.33. The van der Waals surface area contributed by atoms with Crippen LogP contribution in [0.5, 0.6) is 0 Å². The highest BCUT2D eigenvalue weighted by Gasteiger charge is 2.40. The second-order valence-corrected chi connectivity index (χ2v) is 8.04. The molecule has 1 N–H and O–H groups in total. The average molecular weight is 465 g/mol. The maximum Gasteiger partial charge on any atom is 0.282 e. The maximum absolute atomic E-state index is 13.5. The molecule has 1 aliphatic heterocycles. The van der Waals surface area contributed by atoms with Gasteiger partial charge in [0.15, 0.2) is 0 Å². The summed E-state index contributed by atoms with van der Waals surface area (Å²) in [4.78, 5) is 28.0. The molecule has 0 saturated heterocycles. The molecule has 3 aromatic carbocycles. The summed E-state index contributed by atoms with van der Waals surface area (Å²) in [5.41, 5.74) is 3.78. The number of hydrogen-bond donors (Lipinski definition) is 1. The largest absolute Gasteiger partial charge is 0.350 e. The van der Waals surface area contributed by atoms with E-state index < -0.39 is 17.6 Å². The molecule has 0 bridgehead atoms. The number of rotatable bonds is 4. The van der Waals surface area contributed by atoms with E-state index in [9.17, 15) is 14.0 Å². The van der Waals surface area contributed by atoms with Gasteiger partial charge in [-0.15, -0.1) is 0 Å². The Labute approximate surface area is 182 Å². The van der Waals surface area contributed by atoms with Gasteiger partial charge < -0.3 is 5.32 Å². The third-order valence-corrected chi connectivity index (χ3v) is 5.41. The maximum atomic E-state index is 13.5. The molecule has 1 aliphatic rings. The van der Waals surface area contributed by atoms with Crippen LogP contribution in [0.3, 0.4) is 0 Å². The second kappa shape index (κ2) is 7.88. The number of benzene rings is 3. The molecule has 1 heterocycles. The predicted molar refractivity (Wildman–Crippen MR) is 119 cm³/mol. The van der Waals surface area contributed by atoms with Crippen LogP contribution in [0.1, 0.15) is 16.7 Å². The third kappa shape index (κ3) is 3.66. The fourth-order valence-electron chi connectivity index (χ4n) is 3.42. The molecule has 0 atom stereocenters. The first-order valence-corrected chi connectivity index (χ1v) is 10.1. The van der Waals surface area contributed by atoms with Gasteiger partial charge in [-0.2, -0.15) is 0 Å². The zero-order chi connectivity index (χ0) is 21.4. The number of carbonyl (C=O) groups excluding carboxylic acids is 2. The Morgan fingerprint density at radius 1 is 0.900 bits per heavy atom. The molecule has 0 unspecified atom stereocenters. The van der Waals surface area contributed by atoms with Gasteiger partial charge in [0, 0.05) is 10.2 Å². The van der Waals surface area contributed by atoms with E-state index in [1.807, 2.05) is 50.2 Å². The van der Waals surface area contributed by atoms with E-state index in [1.54, 1.807) is 6.07 Å². The molecule has 6 heteroatoms. The fraction of sp³-hybridized carbons (Fsp3) is 0.0833. The summed E-state index contributed by atoms with van der Waals surface area (Å²) >= 11 is 3.41. The molecular formula is C24H18BrFN2O2. The van der Waals surface area contributed by atoms with E-state index in [0.29, 0.717) is 16.9 Å². The van der Waals surface area contributed by atoms with Crippen LogP contribution in [-0.4, -0.2) is 11.8 Å². The number of nitrogens with one attached hydrogen (secondary N) is 1.